The van der Waals surface area contributed by atoms with Crippen molar-refractivity contribution in [3.63, 3.8) is 0 Å². The van der Waals surface area contributed by atoms with Gasteiger partial charge in [-0.1, -0.05) is 13.0 Å². The second-order valence-electron chi connectivity index (χ2n) is 5.85. The predicted octanol–water partition coefficient (Wildman–Crippen LogP) is 2.34. The summed E-state index contributed by atoms with van der Waals surface area (Å²) in [5.74, 6) is 0.240. The van der Waals surface area contributed by atoms with Crippen LogP contribution in [0.5, 0.6) is 0 Å². The van der Waals surface area contributed by atoms with E-state index < -0.39 is 9.84 Å². The molecule has 0 aliphatic carbocycles. The lowest BCUT2D eigenvalue weighted by Crippen LogP contribution is -2.41. The van der Waals surface area contributed by atoms with Crippen molar-refractivity contribution in [2.24, 2.45) is 0 Å². The van der Waals surface area contributed by atoms with Crippen molar-refractivity contribution in [1.29, 1.82) is 0 Å². The summed E-state index contributed by atoms with van der Waals surface area (Å²) in [6, 6.07) is 5.49. The van der Waals surface area contributed by atoms with Crippen LogP contribution in [0, 0.1) is 13.8 Å². The van der Waals surface area contributed by atoms with Crippen LogP contribution in [0.15, 0.2) is 18.2 Å². The highest BCUT2D eigenvalue weighted by Crippen LogP contribution is 2.21. The van der Waals surface area contributed by atoms with Crippen LogP contribution in [0.1, 0.15) is 41.3 Å². The number of amides is 1. The van der Waals surface area contributed by atoms with Gasteiger partial charge in [0.2, 0.25) is 0 Å². The minimum atomic E-state index is -2.98. The summed E-state index contributed by atoms with van der Waals surface area (Å²) in [6.45, 7) is 6.60. The average Bonchev–Trinajstić information content (AvgIpc) is 2.78. The van der Waals surface area contributed by atoms with E-state index in [1.54, 1.807) is 4.90 Å². The number of benzene rings is 1. The first-order valence-electron chi connectivity index (χ1n) is 7.42. The monoisotopic (exact) mass is 309 g/mol. The second-order valence-corrected chi connectivity index (χ2v) is 8.08. The van der Waals surface area contributed by atoms with E-state index in [1.807, 2.05) is 39.0 Å². The van der Waals surface area contributed by atoms with Crippen molar-refractivity contribution in [3.05, 3.63) is 34.9 Å². The largest absolute Gasteiger partial charge is 0.335 e. The summed E-state index contributed by atoms with van der Waals surface area (Å²) in [6.07, 6.45) is 1.38. The van der Waals surface area contributed by atoms with Gasteiger partial charge in [-0.25, -0.2) is 8.42 Å². The average molecular weight is 309 g/mol. The van der Waals surface area contributed by atoms with Crippen LogP contribution >= 0.6 is 0 Å². The molecule has 1 aliphatic heterocycles. The fourth-order valence-electron chi connectivity index (χ4n) is 2.75. The SMILES string of the molecule is CCCN(C(=O)c1ccc(C)c(C)c1)C1CCS(=O)(=O)C1. The molecular weight excluding hydrogens is 286 g/mol. The molecule has 0 N–H and O–H groups in total. The Hall–Kier alpha value is -1.36. The number of nitrogens with zero attached hydrogens (tertiary/aromatic N) is 1. The molecule has 1 unspecified atom stereocenters. The molecule has 1 aliphatic rings. The van der Waals surface area contributed by atoms with Crippen LogP contribution in [-0.4, -0.2) is 43.3 Å². The first kappa shape index (κ1) is 16.0. The number of hydrogen-bond donors (Lipinski definition) is 0. The number of carbonyl (C=O) groups excluding carboxylic acids is 1. The van der Waals surface area contributed by atoms with Crippen molar-refractivity contribution in [1.82, 2.24) is 4.90 Å². The van der Waals surface area contributed by atoms with Crippen molar-refractivity contribution >= 4 is 15.7 Å². The van der Waals surface area contributed by atoms with Crippen LogP contribution < -0.4 is 0 Å². The molecule has 116 valence electrons. The predicted molar refractivity (Wildman–Crippen MR) is 84.3 cm³/mol. The van der Waals surface area contributed by atoms with Crippen LogP contribution in [0.4, 0.5) is 0 Å². The van der Waals surface area contributed by atoms with Gasteiger partial charge in [0, 0.05) is 18.2 Å². The third-order valence-electron chi connectivity index (χ3n) is 4.13. The number of aryl methyl sites for hydroxylation is 2. The summed E-state index contributed by atoms with van der Waals surface area (Å²) >= 11 is 0. The van der Waals surface area contributed by atoms with Crippen molar-refractivity contribution < 1.29 is 13.2 Å². The fourth-order valence-corrected chi connectivity index (χ4v) is 4.48. The van der Waals surface area contributed by atoms with Gasteiger partial charge in [0.05, 0.1) is 11.5 Å². The van der Waals surface area contributed by atoms with E-state index in [2.05, 4.69) is 0 Å². The molecule has 4 nitrogen and oxygen atoms in total. The van der Waals surface area contributed by atoms with Gasteiger partial charge < -0.3 is 4.90 Å². The Kier molecular flexibility index (Phi) is 4.71. The third kappa shape index (κ3) is 3.64. The normalized spacial score (nSPS) is 20.4. The fraction of sp³-hybridized carbons (Fsp3) is 0.562. The lowest BCUT2D eigenvalue weighted by atomic mass is 10.0. The number of sulfone groups is 1. The molecule has 0 spiro atoms. The molecule has 0 bridgehead atoms. The number of hydrogen-bond acceptors (Lipinski definition) is 3. The van der Waals surface area contributed by atoms with Gasteiger partial charge in [-0.2, -0.15) is 0 Å². The Morgan fingerprint density at radius 1 is 1.29 bits per heavy atom. The summed E-state index contributed by atoms with van der Waals surface area (Å²) in [5, 5.41) is 0. The van der Waals surface area contributed by atoms with Crippen LogP contribution in [0.25, 0.3) is 0 Å². The zero-order valence-corrected chi connectivity index (χ0v) is 13.7. The maximum absolute atomic E-state index is 12.7. The third-order valence-corrected chi connectivity index (χ3v) is 5.88. The van der Waals surface area contributed by atoms with Crippen LogP contribution in [0.2, 0.25) is 0 Å². The number of carbonyl (C=O) groups is 1. The second kappa shape index (κ2) is 6.18. The van der Waals surface area contributed by atoms with Crippen molar-refractivity contribution in [2.45, 2.75) is 39.7 Å². The smallest absolute Gasteiger partial charge is 0.254 e. The molecule has 21 heavy (non-hydrogen) atoms. The topological polar surface area (TPSA) is 54.5 Å². The molecule has 1 heterocycles. The summed E-state index contributed by atoms with van der Waals surface area (Å²) in [5.41, 5.74) is 2.88. The van der Waals surface area contributed by atoms with Gasteiger partial charge in [-0.3, -0.25) is 4.79 Å². The van der Waals surface area contributed by atoms with Gasteiger partial charge in [-0.05, 0) is 49.9 Å². The maximum atomic E-state index is 12.7. The van der Waals surface area contributed by atoms with Gasteiger partial charge in [0.1, 0.15) is 0 Å². The minimum Gasteiger partial charge on any atom is -0.335 e. The van der Waals surface area contributed by atoms with E-state index in [4.69, 9.17) is 0 Å². The van der Waals surface area contributed by atoms with Gasteiger partial charge in [0.25, 0.3) is 5.91 Å². The van der Waals surface area contributed by atoms with Crippen LogP contribution in [-0.2, 0) is 9.84 Å². The molecule has 1 saturated heterocycles. The lowest BCUT2D eigenvalue weighted by Gasteiger charge is -2.28. The molecule has 1 atom stereocenters. The Morgan fingerprint density at radius 3 is 2.52 bits per heavy atom. The van der Waals surface area contributed by atoms with Gasteiger partial charge >= 0.3 is 0 Å². The zero-order valence-electron chi connectivity index (χ0n) is 12.9. The van der Waals surface area contributed by atoms with Crippen molar-refractivity contribution in [3.8, 4) is 0 Å². The molecule has 1 fully saturated rings. The Morgan fingerprint density at radius 2 is 2.00 bits per heavy atom. The quantitative estimate of drug-likeness (QED) is 0.858. The van der Waals surface area contributed by atoms with E-state index in [0.717, 1.165) is 17.5 Å². The minimum absolute atomic E-state index is 0.0537. The molecule has 1 aromatic rings. The molecule has 0 saturated carbocycles. The van der Waals surface area contributed by atoms with E-state index >= 15 is 0 Å². The highest BCUT2D eigenvalue weighted by Gasteiger charge is 2.34. The molecule has 0 radical (unpaired) electrons. The standard InChI is InChI=1S/C16H23NO3S/c1-4-8-17(15-7-9-21(19,20)11-15)16(18)14-6-5-12(2)13(3)10-14/h5-6,10,15H,4,7-9,11H2,1-3H3. The lowest BCUT2D eigenvalue weighted by molar-refractivity contribution is 0.0697. The number of rotatable bonds is 4. The van der Waals surface area contributed by atoms with E-state index in [-0.39, 0.29) is 23.5 Å². The Labute approximate surface area is 127 Å². The van der Waals surface area contributed by atoms with Crippen molar-refractivity contribution in [2.75, 3.05) is 18.1 Å². The van der Waals surface area contributed by atoms with Gasteiger partial charge in [0.15, 0.2) is 9.84 Å². The summed E-state index contributed by atoms with van der Waals surface area (Å²) in [7, 11) is -2.98. The van der Waals surface area contributed by atoms with Gasteiger partial charge in [-0.15, -0.1) is 0 Å². The van der Waals surface area contributed by atoms with E-state index in [0.29, 0.717) is 18.5 Å². The highest BCUT2D eigenvalue weighted by molar-refractivity contribution is 7.91. The zero-order chi connectivity index (χ0) is 15.6. The summed E-state index contributed by atoms with van der Waals surface area (Å²) in [4.78, 5) is 14.5. The van der Waals surface area contributed by atoms with E-state index in [9.17, 15) is 13.2 Å². The first-order valence-corrected chi connectivity index (χ1v) is 9.25. The van der Waals surface area contributed by atoms with Crippen LogP contribution in [0.3, 0.4) is 0 Å². The Bertz CT molecular complexity index is 637. The highest BCUT2D eigenvalue weighted by atomic mass is 32.2. The molecule has 5 heteroatoms. The summed E-state index contributed by atoms with van der Waals surface area (Å²) < 4.78 is 23.3. The molecule has 1 amide bonds. The first-order chi connectivity index (χ1) is 9.84. The Balaban J connectivity index is 2.25. The molecule has 1 aromatic carbocycles. The molecule has 0 aromatic heterocycles. The molecule has 2 rings (SSSR count). The molecular formula is C16H23NO3S. The maximum Gasteiger partial charge on any atom is 0.254 e. The van der Waals surface area contributed by atoms with E-state index in [1.165, 1.54) is 0 Å².